The van der Waals surface area contributed by atoms with Gasteiger partial charge in [0, 0.05) is 6.26 Å². The Hall–Kier alpha value is -1.40. The molecule has 0 saturated heterocycles. The number of esters is 1. The van der Waals surface area contributed by atoms with Crippen LogP contribution in [-0.4, -0.2) is 32.4 Å². The molecule has 1 N–H and O–H groups in total. The molecule has 0 bridgehead atoms. The van der Waals surface area contributed by atoms with E-state index >= 15 is 0 Å². The predicted molar refractivity (Wildman–Crippen MR) is 56.9 cm³/mol. The van der Waals surface area contributed by atoms with Crippen LogP contribution in [0.4, 0.5) is 0 Å². The van der Waals surface area contributed by atoms with Crippen molar-refractivity contribution in [3.63, 3.8) is 0 Å². The maximum atomic E-state index is 11.1. The number of hydrogen-bond acceptors (Lipinski definition) is 5. The summed E-state index contributed by atoms with van der Waals surface area (Å²) in [6.07, 6.45) is 1.01. The summed E-state index contributed by atoms with van der Waals surface area (Å²) >= 11 is 0. The molecule has 0 aliphatic rings. The molecule has 6 heteroatoms. The van der Waals surface area contributed by atoms with Crippen LogP contribution in [-0.2, 0) is 14.6 Å². The number of carbonyl (C=O) groups excluding carboxylic acids is 1. The standard InChI is InChI=1S/C10H12O5S/c1-16(13,14)9-4-2-8(3-5-9)15-10(12)6-7-11/h2-5,11H,6-7H2,1H3. The van der Waals surface area contributed by atoms with Crippen molar-refractivity contribution in [2.75, 3.05) is 12.9 Å². The summed E-state index contributed by atoms with van der Waals surface area (Å²) in [5, 5.41) is 8.49. The number of ether oxygens (including phenoxy) is 1. The van der Waals surface area contributed by atoms with Crippen LogP contribution in [0.15, 0.2) is 29.2 Å². The zero-order valence-electron chi connectivity index (χ0n) is 8.71. The molecular weight excluding hydrogens is 232 g/mol. The van der Waals surface area contributed by atoms with Crippen molar-refractivity contribution in [2.24, 2.45) is 0 Å². The SMILES string of the molecule is CS(=O)(=O)c1ccc(OC(=O)CCO)cc1. The minimum atomic E-state index is -3.24. The molecule has 0 fully saturated rings. The molecule has 0 amide bonds. The van der Waals surface area contributed by atoms with Crippen molar-refractivity contribution in [3.05, 3.63) is 24.3 Å². The van der Waals surface area contributed by atoms with Crippen molar-refractivity contribution in [2.45, 2.75) is 11.3 Å². The van der Waals surface area contributed by atoms with Gasteiger partial charge in [0.1, 0.15) is 5.75 Å². The number of sulfone groups is 1. The molecule has 5 nitrogen and oxygen atoms in total. The van der Waals surface area contributed by atoms with Gasteiger partial charge in [-0.3, -0.25) is 4.79 Å². The van der Waals surface area contributed by atoms with Gasteiger partial charge in [-0.1, -0.05) is 0 Å². The Morgan fingerprint density at radius 1 is 1.31 bits per heavy atom. The molecule has 1 aromatic carbocycles. The number of carbonyl (C=O) groups is 1. The molecule has 1 rings (SSSR count). The fourth-order valence-corrected chi connectivity index (χ4v) is 1.66. The second-order valence-electron chi connectivity index (χ2n) is 3.19. The van der Waals surface area contributed by atoms with Gasteiger partial charge in [0.2, 0.25) is 0 Å². The number of rotatable bonds is 4. The van der Waals surface area contributed by atoms with E-state index in [9.17, 15) is 13.2 Å². The van der Waals surface area contributed by atoms with Gasteiger partial charge in [0.25, 0.3) is 0 Å². The van der Waals surface area contributed by atoms with Crippen LogP contribution in [0.25, 0.3) is 0 Å². The van der Waals surface area contributed by atoms with E-state index < -0.39 is 15.8 Å². The molecule has 0 aliphatic heterocycles. The zero-order valence-corrected chi connectivity index (χ0v) is 9.53. The summed E-state index contributed by atoms with van der Waals surface area (Å²) < 4.78 is 27.1. The molecule has 0 radical (unpaired) electrons. The first kappa shape index (κ1) is 12.7. The molecule has 0 aliphatic carbocycles. The van der Waals surface area contributed by atoms with E-state index in [1.54, 1.807) is 0 Å². The van der Waals surface area contributed by atoms with Gasteiger partial charge in [-0.25, -0.2) is 8.42 Å². The van der Waals surface area contributed by atoms with Crippen LogP contribution in [0, 0.1) is 0 Å². The summed E-state index contributed by atoms with van der Waals surface area (Å²) in [6.45, 7) is -0.278. The van der Waals surface area contributed by atoms with E-state index in [-0.39, 0.29) is 23.7 Å². The van der Waals surface area contributed by atoms with Crippen LogP contribution in [0.5, 0.6) is 5.75 Å². The van der Waals surface area contributed by atoms with Gasteiger partial charge < -0.3 is 9.84 Å². The van der Waals surface area contributed by atoms with Gasteiger partial charge in [-0.15, -0.1) is 0 Å². The highest BCUT2D eigenvalue weighted by Gasteiger charge is 2.08. The second-order valence-corrected chi connectivity index (χ2v) is 5.21. The Bertz CT molecular complexity index is 460. The molecular formula is C10H12O5S. The number of benzene rings is 1. The second kappa shape index (κ2) is 5.09. The lowest BCUT2D eigenvalue weighted by Gasteiger charge is -2.03. The Morgan fingerprint density at radius 3 is 2.31 bits per heavy atom. The average Bonchev–Trinajstić information content (AvgIpc) is 2.17. The lowest BCUT2D eigenvalue weighted by molar-refractivity contribution is -0.135. The maximum absolute atomic E-state index is 11.1. The average molecular weight is 244 g/mol. The highest BCUT2D eigenvalue weighted by Crippen LogP contribution is 2.16. The van der Waals surface area contributed by atoms with E-state index in [2.05, 4.69) is 0 Å². The summed E-state index contributed by atoms with van der Waals surface area (Å²) in [4.78, 5) is 11.2. The zero-order chi connectivity index (χ0) is 12.2. The number of aliphatic hydroxyl groups is 1. The fourth-order valence-electron chi connectivity index (χ4n) is 1.03. The van der Waals surface area contributed by atoms with E-state index in [0.29, 0.717) is 0 Å². The Kier molecular flexibility index (Phi) is 4.03. The summed E-state index contributed by atoms with van der Waals surface area (Å²) in [5.41, 5.74) is 0. The van der Waals surface area contributed by atoms with Gasteiger partial charge in [-0.05, 0) is 24.3 Å². The van der Waals surface area contributed by atoms with E-state index in [4.69, 9.17) is 9.84 Å². The molecule has 0 unspecified atom stereocenters. The van der Waals surface area contributed by atoms with Gasteiger partial charge >= 0.3 is 5.97 Å². The van der Waals surface area contributed by atoms with Crippen molar-refractivity contribution < 1.29 is 23.1 Å². The maximum Gasteiger partial charge on any atom is 0.313 e. The molecule has 0 spiro atoms. The molecule has 0 aromatic heterocycles. The lowest BCUT2D eigenvalue weighted by atomic mass is 10.3. The molecule has 16 heavy (non-hydrogen) atoms. The Morgan fingerprint density at radius 2 is 1.88 bits per heavy atom. The van der Waals surface area contributed by atoms with Crippen LogP contribution in [0.2, 0.25) is 0 Å². The van der Waals surface area contributed by atoms with Crippen molar-refractivity contribution in [1.82, 2.24) is 0 Å². The summed E-state index contributed by atoms with van der Waals surface area (Å²) in [6, 6.07) is 5.51. The van der Waals surface area contributed by atoms with Crippen molar-refractivity contribution >= 4 is 15.8 Å². The smallest absolute Gasteiger partial charge is 0.313 e. The molecule has 88 valence electrons. The Labute approximate surface area is 93.6 Å². The van der Waals surface area contributed by atoms with Crippen LogP contribution >= 0.6 is 0 Å². The predicted octanol–water partition coefficient (Wildman–Crippen LogP) is 0.378. The van der Waals surface area contributed by atoms with Crippen LogP contribution in [0.3, 0.4) is 0 Å². The highest BCUT2D eigenvalue weighted by molar-refractivity contribution is 7.90. The van der Waals surface area contributed by atoms with E-state index in [1.807, 2.05) is 0 Å². The van der Waals surface area contributed by atoms with Crippen molar-refractivity contribution in [1.29, 1.82) is 0 Å². The first-order valence-electron chi connectivity index (χ1n) is 4.55. The lowest BCUT2D eigenvalue weighted by Crippen LogP contribution is -2.09. The third-order valence-corrected chi connectivity index (χ3v) is 2.93. The Balaban J connectivity index is 2.76. The first-order valence-corrected chi connectivity index (χ1v) is 6.44. The fraction of sp³-hybridized carbons (Fsp3) is 0.300. The molecule has 0 heterocycles. The molecule has 1 aromatic rings. The monoisotopic (exact) mass is 244 g/mol. The molecule has 0 saturated carbocycles. The minimum Gasteiger partial charge on any atom is -0.426 e. The van der Waals surface area contributed by atoms with E-state index in [0.717, 1.165) is 6.26 Å². The largest absolute Gasteiger partial charge is 0.426 e. The third kappa shape index (κ3) is 3.63. The van der Waals surface area contributed by atoms with Gasteiger partial charge in [0.05, 0.1) is 17.9 Å². The number of aliphatic hydroxyl groups excluding tert-OH is 1. The number of hydrogen-bond donors (Lipinski definition) is 1. The van der Waals surface area contributed by atoms with Gasteiger partial charge in [-0.2, -0.15) is 0 Å². The van der Waals surface area contributed by atoms with Gasteiger partial charge in [0.15, 0.2) is 9.84 Å². The van der Waals surface area contributed by atoms with Crippen LogP contribution < -0.4 is 4.74 Å². The van der Waals surface area contributed by atoms with Crippen molar-refractivity contribution in [3.8, 4) is 5.75 Å². The van der Waals surface area contributed by atoms with Crippen LogP contribution in [0.1, 0.15) is 6.42 Å². The summed E-state index contributed by atoms with van der Waals surface area (Å²) in [7, 11) is -3.24. The van der Waals surface area contributed by atoms with E-state index in [1.165, 1.54) is 24.3 Å². The minimum absolute atomic E-state index is 0.0895. The quantitative estimate of drug-likeness (QED) is 0.611. The third-order valence-electron chi connectivity index (χ3n) is 1.80. The topological polar surface area (TPSA) is 80.7 Å². The highest BCUT2D eigenvalue weighted by atomic mass is 32.2. The first-order chi connectivity index (χ1) is 7.43. The normalized spacial score (nSPS) is 11.1. The summed E-state index contributed by atoms with van der Waals surface area (Å²) in [5.74, 6) is -0.305. The molecule has 0 atom stereocenters.